The van der Waals surface area contributed by atoms with Crippen molar-refractivity contribution in [1.29, 1.82) is 0 Å². The molecule has 0 aromatic heterocycles. The van der Waals surface area contributed by atoms with Gasteiger partial charge in [-0.1, -0.05) is 6.42 Å². The monoisotopic (exact) mass is 226 g/mol. The first kappa shape index (κ1) is 10.8. The molecule has 4 heteroatoms. The van der Waals surface area contributed by atoms with Crippen LogP contribution in [0, 0.1) is 5.82 Å². The molecule has 2 rings (SSSR count). The molecule has 4 N–H and O–H groups in total. The Kier molecular flexibility index (Phi) is 3.17. The molecule has 2 nitrogen and oxygen atoms in total. The Morgan fingerprint density at radius 3 is 2.80 bits per heavy atom. The van der Waals surface area contributed by atoms with Crippen LogP contribution in [0.25, 0.3) is 0 Å². The second-order valence-corrected chi connectivity index (χ2v) is 5.21. The van der Waals surface area contributed by atoms with Crippen molar-refractivity contribution in [2.45, 2.75) is 35.4 Å². The van der Waals surface area contributed by atoms with Crippen molar-refractivity contribution in [2.75, 3.05) is 5.73 Å². The summed E-state index contributed by atoms with van der Waals surface area (Å²) < 4.78 is 13.0. The van der Waals surface area contributed by atoms with E-state index in [2.05, 4.69) is 0 Å². The summed E-state index contributed by atoms with van der Waals surface area (Å²) in [6, 6.07) is 4.70. The first-order valence-corrected chi connectivity index (χ1v) is 6.02. The summed E-state index contributed by atoms with van der Waals surface area (Å²) in [5.74, 6) is -0.238. The fourth-order valence-electron chi connectivity index (χ4n) is 1.87. The summed E-state index contributed by atoms with van der Waals surface area (Å²) in [6.45, 7) is 0. The van der Waals surface area contributed by atoms with Gasteiger partial charge in [0.05, 0.1) is 0 Å². The highest BCUT2D eigenvalue weighted by molar-refractivity contribution is 8.00. The van der Waals surface area contributed by atoms with Crippen LogP contribution in [0.5, 0.6) is 0 Å². The molecule has 1 aromatic rings. The first-order valence-electron chi connectivity index (χ1n) is 5.14. The lowest BCUT2D eigenvalue weighted by molar-refractivity contribution is 0.624. The molecular formula is C11H15FN2S. The molecule has 0 amide bonds. The van der Waals surface area contributed by atoms with Gasteiger partial charge in [-0.05, 0) is 31.0 Å². The quantitative estimate of drug-likeness (QED) is 0.761. The second kappa shape index (κ2) is 4.41. The van der Waals surface area contributed by atoms with E-state index in [4.69, 9.17) is 11.5 Å². The van der Waals surface area contributed by atoms with Gasteiger partial charge in [0.25, 0.3) is 0 Å². The number of nitrogens with two attached hydrogens (primary N) is 2. The third-order valence-corrected chi connectivity index (χ3v) is 4.25. The molecule has 0 radical (unpaired) electrons. The van der Waals surface area contributed by atoms with Crippen molar-refractivity contribution in [1.82, 2.24) is 0 Å². The van der Waals surface area contributed by atoms with Gasteiger partial charge in [-0.25, -0.2) is 4.39 Å². The second-order valence-electron chi connectivity index (χ2n) is 3.93. The first-order chi connectivity index (χ1) is 7.16. The van der Waals surface area contributed by atoms with Crippen LogP contribution in [0.15, 0.2) is 23.1 Å². The van der Waals surface area contributed by atoms with Crippen molar-refractivity contribution in [3.63, 3.8) is 0 Å². The highest BCUT2D eigenvalue weighted by Crippen LogP contribution is 2.36. The molecule has 15 heavy (non-hydrogen) atoms. The molecule has 0 spiro atoms. The van der Waals surface area contributed by atoms with E-state index in [0.29, 0.717) is 10.9 Å². The predicted molar refractivity (Wildman–Crippen MR) is 62.3 cm³/mol. The van der Waals surface area contributed by atoms with Gasteiger partial charge in [0.2, 0.25) is 0 Å². The van der Waals surface area contributed by atoms with Crippen molar-refractivity contribution in [3.05, 3.63) is 24.0 Å². The lowest BCUT2D eigenvalue weighted by atomic mass is 10.3. The molecule has 1 aliphatic carbocycles. The summed E-state index contributed by atoms with van der Waals surface area (Å²) in [5, 5.41) is 0.383. The van der Waals surface area contributed by atoms with Crippen LogP contribution in [0.3, 0.4) is 0 Å². The van der Waals surface area contributed by atoms with Gasteiger partial charge in [0.15, 0.2) is 0 Å². The van der Waals surface area contributed by atoms with Gasteiger partial charge < -0.3 is 11.5 Å². The highest BCUT2D eigenvalue weighted by atomic mass is 32.2. The van der Waals surface area contributed by atoms with E-state index in [-0.39, 0.29) is 11.9 Å². The minimum Gasteiger partial charge on any atom is -0.398 e. The zero-order valence-corrected chi connectivity index (χ0v) is 9.27. The van der Waals surface area contributed by atoms with Gasteiger partial charge >= 0.3 is 0 Å². The van der Waals surface area contributed by atoms with Gasteiger partial charge in [-0.15, -0.1) is 11.8 Å². The number of hydrogen-bond donors (Lipinski definition) is 2. The van der Waals surface area contributed by atoms with E-state index in [1.54, 1.807) is 17.8 Å². The van der Waals surface area contributed by atoms with Crippen molar-refractivity contribution < 1.29 is 4.39 Å². The van der Waals surface area contributed by atoms with Crippen molar-refractivity contribution in [3.8, 4) is 0 Å². The van der Waals surface area contributed by atoms with Gasteiger partial charge in [0.1, 0.15) is 5.82 Å². The van der Waals surface area contributed by atoms with E-state index >= 15 is 0 Å². The molecule has 1 aliphatic rings. The summed E-state index contributed by atoms with van der Waals surface area (Å²) in [5.41, 5.74) is 12.4. The predicted octanol–water partition coefficient (Wildman–Crippen LogP) is 2.38. The van der Waals surface area contributed by atoms with Crippen molar-refractivity contribution in [2.24, 2.45) is 5.73 Å². The average Bonchev–Trinajstić information content (AvgIpc) is 2.58. The summed E-state index contributed by atoms with van der Waals surface area (Å²) >= 11 is 1.61. The SMILES string of the molecule is Nc1ccc(F)cc1SC1CCCC1N. The Labute approximate surface area is 93.2 Å². The molecule has 0 saturated heterocycles. The molecule has 1 aromatic carbocycles. The molecule has 0 bridgehead atoms. The summed E-state index contributed by atoms with van der Waals surface area (Å²) in [7, 11) is 0. The normalized spacial score (nSPS) is 25.7. The zero-order chi connectivity index (χ0) is 10.8. The van der Waals surface area contributed by atoms with Crippen LogP contribution in [-0.4, -0.2) is 11.3 Å². The number of benzene rings is 1. The van der Waals surface area contributed by atoms with Crippen LogP contribution < -0.4 is 11.5 Å². The Morgan fingerprint density at radius 2 is 2.13 bits per heavy atom. The number of hydrogen-bond acceptors (Lipinski definition) is 3. The fraction of sp³-hybridized carbons (Fsp3) is 0.455. The van der Waals surface area contributed by atoms with Gasteiger partial charge in [0, 0.05) is 21.9 Å². The van der Waals surface area contributed by atoms with Crippen LogP contribution in [0.2, 0.25) is 0 Å². The third-order valence-electron chi connectivity index (χ3n) is 2.76. The number of thioether (sulfide) groups is 1. The molecule has 0 heterocycles. The third kappa shape index (κ3) is 2.44. The minimum absolute atomic E-state index is 0.220. The maximum Gasteiger partial charge on any atom is 0.124 e. The topological polar surface area (TPSA) is 52.0 Å². The Hall–Kier alpha value is -0.740. The fourth-order valence-corrected chi connectivity index (χ4v) is 3.18. The number of halogens is 1. The van der Waals surface area contributed by atoms with Crippen LogP contribution >= 0.6 is 11.8 Å². The summed E-state index contributed by atoms with van der Waals surface area (Å²) in [4.78, 5) is 0.817. The van der Waals surface area contributed by atoms with Crippen molar-refractivity contribution >= 4 is 17.4 Å². The van der Waals surface area contributed by atoms with E-state index < -0.39 is 0 Å². The summed E-state index contributed by atoms with van der Waals surface area (Å²) in [6.07, 6.45) is 3.32. The highest BCUT2D eigenvalue weighted by Gasteiger charge is 2.25. The number of nitrogen functional groups attached to an aromatic ring is 1. The smallest absolute Gasteiger partial charge is 0.124 e. The zero-order valence-electron chi connectivity index (χ0n) is 8.45. The van der Waals surface area contributed by atoms with E-state index in [0.717, 1.165) is 24.2 Å². The lowest BCUT2D eigenvalue weighted by Crippen LogP contribution is -2.26. The average molecular weight is 226 g/mol. The Morgan fingerprint density at radius 1 is 1.33 bits per heavy atom. The molecule has 1 fully saturated rings. The van der Waals surface area contributed by atoms with E-state index in [9.17, 15) is 4.39 Å². The minimum atomic E-state index is -0.238. The van der Waals surface area contributed by atoms with E-state index in [1.807, 2.05) is 0 Å². The van der Waals surface area contributed by atoms with Gasteiger partial charge in [-0.3, -0.25) is 0 Å². The Balaban J connectivity index is 2.12. The van der Waals surface area contributed by atoms with E-state index in [1.165, 1.54) is 12.1 Å². The molecular weight excluding hydrogens is 211 g/mol. The molecule has 1 saturated carbocycles. The largest absolute Gasteiger partial charge is 0.398 e. The molecule has 2 unspecified atom stereocenters. The lowest BCUT2D eigenvalue weighted by Gasteiger charge is -2.15. The maximum atomic E-state index is 13.0. The standard InChI is InChI=1S/C11H15FN2S/c12-7-4-5-9(14)11(6-7)15-10-3-1-2-8(10)13/h4-6,8,10H,1-3,13-14H2. The van der Waals surface area contributed by atoms with Gasteiger partial charge in [-0.2, -0.15) is 0 Å². The molecule has 82 valence electrons. The maximum absolute atomic E-state index is 13.0. The number of rotatable bonds is 2. The Bertz CT molecular complexity index is 356. The molecule has 2 atom stereocenters. The van der Waals surface area contributed by atoms with Crippen LogP contribution in [-0.2, 0) is 0 Å². The van der Waals surface area contributed by atoms with Crippen LogP contribution in [0.1, 0.15) is 19.3 Å². The molecule has 0 aliphatic heterocycles. The van der Waals surface area contributed by atoms with Crippen LogP contribution in [0.4, 0.5) is 10.1 Å². The number of anilines is 1.